The summed E-state index contributed by atoms with van der Waals surface area (Å²) in [6.07, 6.45) is 4.05. The van der Waals surface area contributed by atoms with Gasteiger partial charge in [-0.3, -0.25) is 4.79 Å². The zero-order valence-electron chi connectivity index (χ0n) is 9.38. The van der Waals surface area contributed by atoms with Crippen molar-refractivity contribution >= 4 is 5.91 Å². The van der Waals surface area contributed by atoms with Crippen molar-refractivity contribution in [1.29, 1.82) is 0 Å². The molecule has 0 bridgehead atoms. The van der Waals surface area contributed by atoms with Gasteiger partial charge >= 0.3 is 0 Å². The third-order valence-corrected chi connectivity index (χ3v) is 2.58. The molecule has 0 saturated carbocycles. The summed E-state index contributed by atoms with van der Waals surface area (Å²) in [5.41, 5.74) is 0. The first-order valence-electron chi connectivity index (χ1n) is 5.71. The van der Waals surface area contributed by atoms with Gasteiger partial charge in [0, 0.05) is 25.6 Å². The second kappa shape index (κ2) is 6.02. The maximum Gasteiger partial charge on any atom is 0.222 e. The minimum absolute atomic E-state index is 0.341. The summed E-state index contributed by atoms with van der Waals surface area (Å²) in [6.45, 7) is 7.18. The molecular weight excluding hydrogens is 176 g/mol. The summed E-state index contributed by atoms with van der Waals surface area (Å²) < 4.78 is 0. The molecule has 0 spiro atoms. The van der Waals surface area contributed by atoms with Crippen molar-refractivity contribution in [2.24, 2.45) is 0 Å². The number of hydrogen-bond donors (Lipinski definition) is 1. The maximum absolute atomic E-state index is 11.6. The van der Waals surface area contributed by atoms with Gasteiger partial charge in [-0.2, -0.15) is 0 Å². The largest absolute Gasteiger partial charge is 0.343 e. The normalized spacial score (nSPS) is 16.6. The Morgan fingerprint density at radius 3 is 2.57 bits per heavy atom. The zero-order chi connectivity index (χ0) is 10.4. The van der Waals surface area contributed by atoms with Crippen molar-refractivity contribution in [2.45, 2.75) is 45.6 Å². The maximum atomic E-state index is 11.6. The molecular formula is C11H22N2O. The predicted octanol–water partition coefficient (Wildman–Crippen LogP) is 1.39. The molecule has 3 heteroatoms. The molecule has 0 unspecified atom stereocenters. The summed E-state index contributed by atoms with van der Waals surface area (Å²) in [5.74, 6) is 0.341. The smallest absolute Gasteiger partial charge is 0.222 e. The van der Waals surface area contributed by atoms with Crippen LogP contribution in [0, 0.1) is 0 Å². The molecule has 1 heterocycles. The van der Waals surface area contributed by atoms with Crippen LogP contribution in [0.4, 0.5) is 0 Å². The van der Waals surface area contributed by atoms with Crippen molar-refractivity contribution < 1.29 is 4.79 Å². The first-order chi connectivity index (χ1) is 6.70. The third-order valence-electron chi connectivity index (χ3n) is 2.58. The molecule has 0 aromatic carbocycles. The Bertz CT molecular complexity index is 174. The summed E-state index contributed by atoms with van der Waals surface area (Å²) >= 11 is 0. The molecule has 1 saturated heterocycles. The Morgan fingerprint density at radius 2 is 2.00 bits per heavy atom. The van der Waals surface area contributed by atoms with E-state index in [-0.39, 0.29) is 0 Å². The van der Waals surface area contributed by atoms with Crippen molar-refractivity contribution in [3.63, 3.8) is 0 Å². The van der Waals surface area contributed by atoms with Crippen LogP contribution in [0.15, 0.2) is 0 Å². The van der Waals surface area contributed by atoms with Gasteiger partial charge in [0.15, 0.2) is 0 Å². The van der Waals surface area contributed by atoms with E-state index >= 15 is 0 Å². The summed E-state index contributed by atoms with van der Waals surface area (Å²) in [5, 5.41) is 3.32. The van der Waals surface area contributed by atoms with Gasteiger partial charge in [-0.1, -0.05) is 13.8 Å². The van der Waals surface area contributed by atoms with E-state index in [4.69, 9.17) is 0 Å². The molecule has 14 heavy (non-hydrogen) atoms. The summed E-state index contributed by atoms with van der Waals surface area (Å²) in [7, 11) is 0. The van der Waals surface area contributed by atoms with Crippen LogP contribution >= 0.6 is 0 Å². The lowest BCUT2D eigenvalue weighted by molar-refractivity contribution is -0.130. The average molecular weight is 198 g/mol. The van der Waals surface area contributed by atoms with E-state index in [9.17, 15) is 4.79 Å². The lowest BCUT2D eigenvalue weighted by Crippen LogP contribution is -2.29. The highest BCUT2D eigenvalue weighted by Crippen LogP contribution is 2.09. The number of carbonyl (C=O) groups excluding carboxylic acids is 1. The van der Waals surface area contributed by atoms with E-state index in [0.717, 1.165) is 26.1 Å². The third kappa shape index (κ3) is 4.09. The van der Waals surface area contributed by atoms with Gasteiger partial charge in [0.05, 0.1) is 0 Å². The number of amides is 1. The molecule has 0 aliphatic carbocycles. The van der Waals surface area contributed by atoms with Gasteiger partial charge in [0.2, 0.25) is 5.91 Å². The van der Waals surface area contributed by atoms with Crippen LogP contribution in [0.1, 0.15) is 39.5 Å². The first-order valence-corrected chi connectivity index (χ1v) is 5.71. The molecule has 0 aromatic rings. The molecule has 0 atom stereocenters. The fourth-order valence-corrected chi connectivity index (χ4v) is 1.75. The molecule has 1 rings (SSSR count). The van der Waals surface area contributed by atoms with E-state index in [1.807, 2.05) is 4.90 Å². The fraction of sp³-hybridized carbons (Fsp3) is 0.909. The highest BCUT2D eigenvalue weighted by Gasteiger charge is 2.16. The van der Waals surface area contributed by atoms with Crippen LogP contribution in [0.3, 0.4) is 0 Å². The molecule has 82 valence electrons. The van der Waals surface area contributed by atoms with Crippen LogP contribution in [0.25, 0.3) is 0 Å². The van der Waals surface area contributed by atoms with Gasteiger partial charge in [-0.05, 0) is 25.8 Å². The number of nitrogens with zero attached hydrogens (tertiary/aromatic N) is 1. The quantitative estimate of drug-likeness (QED) is 0.677. The van der Waals surface area contributed by atoms with Crippen molar-refractivity contribution in [3.05, 3.63) is 0 Å². The highest BCUT2D eigenvalue weighted by atomic mass is 16.2. The highest BCUT2D eigenvalue weighted by molar-refractivity contribution is 5.76. The second-order valence-electron chi connectivity index (χ2n) is 4.30. The van der Waals surface area contributed by atoms with E-state index < -0.39 is 0 Å². The molecule has 3 nitrogen and oxygen atoms in total. The molecule has 1 aliphatic rings. The SMILES string of the molecule is CC(C)NCCCC(=O)N1CCCC1. The first kappa shape index (κ1) is 11.5. The van der Waals surface area contributed by atoms with Gasteiger partial charge in [0.25, 0.3) is 0 Å². The summed E-state index contributed by atoms with van der Waals surface area (Å²) in [6, 6.07) is 0.525. The molecule has 1 N–H and O–H groups in total. The van der Waals surface area contributed by atoms with Crippen molar-refractivity contribution in [2.75, 3.05) is 19.6 Å². The van der Waals surface area contributed by atoms with Crippen molar-refractivity contribution in [1.82, 2.24) is 10.2 Å². The molecule has 1 fully saturated rings. The van der Waals surface area contributed by atoms with E-state index in [2.05, 4.69) is 19.2 Å². The Kier molecular flexibility index (Phi) is 4.94. The standard InChI is InChI=1S/C11H22N2O/c1-10(2)12-7-5-6-11(14)13-8-3-4-9-13/h10,12H,3-9H2,1-2H3. The Hall–Kier alpha value is -0.570. The van der Waals surface area contributed by atoms with E-state index in [0.29, 0.717) is 18.4 Å². The second-order valence-corrected chi connectivity index (χ2v) is 4.30. The fourth-order valence-electron chi connectivity index (χ4n) is 1.75. The molecule has 0 radical (unpaired) electrons. The van der Waals surface area contributed by atoms with Gasteiger partial charge < -0.3 is 10.2 Å². The van der Waals surface area contributed by atoms with Crippen LogP contribution < -0.4 is 5.32 Å². The Balaban J connectivity index is 2.03. The van der Waals surface area contributed by atoms with E-state index in [1.54, 1.807) is 0 Å². The van der Waals surface area contributed by atoms with Gasteiger partial charge in [-0.25, -0.2) is 0 Å². The lowest BCUT2D eigenvalue weighted by Gasteiger charge is -2.15. The number of rotatable bonds is 5. The van der Waals surface area contributed by atoms with Crippen molar-refractivity contribution in [3.8, 4) is 0 Å². The number of nitrogens with one attached hydrogen (secondary N) is 1. The average Bonchev–Trinajstić information content (AvgIpc) is 2.64. The minimum atomic E-state index is 0.341. The monoisotopic (exact) mass is 198 g/mol. The Labute approximate surface area is 86.9 Å². The Morgan fingerprint density at radius 1 is 1.36 bits per heavy atom. The molecule has 0 aromatic heterocycles. The number of hydrogen-bond acceptors (Lipinski definition) is 2. The molecule has 1 aliphatic heterocycles. The van der Waals surface area contributed by atoms with Gasteiger partial charge in [-0.15, -0.1) is 0 Å². The van der Waals surface area contributed by atoms with Crippen LogP contribution in [-0.2, 0) is 4.79 Å². The number of likely N-dealkylation sites (tertiary alicyclic amines) is 1. The van der Waals surface area contributed by atoms with Crippen LogP contribution in [0.5, 0.6) is 0 Å². The van der Waals surface area contributed by atoms with Gasteiger partial charge in [0.1, 0.15) is 0 Å². The minimum Gasteiger partial charge on any atom is -0.343 e. The number of carbonyl (C=O) groups is 1. The van der Waals surface area contributed by atoms with Crippen LogP contribution in [0.2, 0.25) is 0 Å². The predicted molar refractivity (Wildman–Crippen MR) is 58.2 cm³/mol. The summed E-state index contributed by atoms with van der Waals surface area (Å²) in [4.78, 5) is 13.6. The van der Waals surface area contributed by atoms with Crippen LogP contribution in [-0.4, -0.2) is 36.5 Å². The van der Waals surface area contributed by atoms with E-state index in [1.165, 1.54) is 12.8 Å². The zero-order valence-corrected chi connectivity index (χ0v) is 9.38. The molecule has 1 amide bonds. The topological polar surface area (TPSA) is 32.3 Å². The lowest BCUT2D eigenvalue weighted by atomic mass is 10.2.